The molecule has 0 saturated carbocycles. The number of fused-ring (bicyclic) bond motifs is 4. The van der Waals surface area contributed by atoms with E-state index in [1.54, 1.807) is 12.3 Å². The highest BCUT2D eigenvalue weighted by molar-refractivity contribution is 6.21. The van der Waals surface area contributed by atoms with Gasteiger partial charge in [0.1, 0.15) is 0 Å². The smallest absolute Gasteiger partial charge is 0.308 e. The Bertz CT molecular complexity index is 1290. The van der Waals surface area contributed by atoms with E-state index in [4.69, 9.17) is 14.2 Å². The lowest BCUT2D eigenvalue weighted by Gasteiger charge is -2.15. The standard InChI is InChI=1S/C22H20N2O5/c1-5-24-17-9-7-6-8-14(17)19-20(24)22(29-13(3)26)15-10-18(27-4)23-11-16(15)21(19)28-12(2)25/h6-11H,5H2,1-4H3. The van der Waals surface area contributed by atoms with Crippen molar-refractivity contribution in [2.45, 2.75) is 27.3 Å². The third-order valence-electron chi connectivity index (χ3n) is 4.80. The molecule has 0 N–H and O–H groups in total. The van der Waals surface area contributed by atoms with Crippen molar-refractivity contribution in [2.75, 3.05) is 7.11 Å². The lowest BCUT2D eigenvalue weighted by Crippen LogP contribution is -2.07. The van der Waals surface area contributed by atoms with Crippen molar-refractivity contribution < 1.29 is 23.8 Å². The molecule has 2 aromatic carbocycles. The maximum Gasteiger partial charge on any atom is 0.308 e. The average molecular weight is 392 g/mol. The van der Waals surface area contributed by atoms with Crippen LogP contribution in [0.25, 0.3) is 32.6 Å². The Kier molecular flexibility index (Phi) is 4.58. The summed E-state index contributed by atoms with van der Waals surface area (Å²) in [5.41, 5.74) is 1.63. The van der Waals surface area contributed by atoms with Crippen LogP contribution in [0.4, 0.5) is 0 Å². The summed E-state index contributed by atoms with van der Waals surface area (Å²) in [7, 11) is 1.51. The molecule has 2 aromatic heterocycles. The Labute approximate surface area is 166 Å². The van der Waals surface area contributed by atoms with Crippen molar-refractivity contribution in [1.82, 2.24) is 9.55 Å². The molecule has 7 heteroatoms. The van der Waals surface area contributed by atoms with Gasteiger partial charge in [-0.25, -0.2) is 4.98 Å². The molecule has 0 unspecified atom stereocenters. The summed E-state index contributed by atoms with van der Waals surface area (Å²) < 4.78 is 18.7. The van der Waals surface area contributed by atoms with Gasteiger partial charge in [-0.1, -0.05) is 18.2 Å². The molecule has 0 fully saturated rings. The van der Waals surface area contributed by atoms with Gasteiger partial charge < -0.3 is 18.8 Å². The number of aryl methyl sites for hydroxylation is 1. The van der Waals surface area contributed by atoms with Crippen LogP contribution in [0.3, 0.4) is 0 Å². The zero-order valence-corrected chi connectivity index (χ0v) is 16.6. The number of para-hydroxylation sites is 1. The van der Waals surface area contributed by atoms with Crippen LogP contribution in [0.2, 0.25) is 0 Å². The van der Waals surface area contributed by atoms with Crippen molar-refractivity contribution in [3.8, 4) is 17.4 Å². The predicted molar refractivity (Wildman–Crippen MR) is 110 cm³/mol. The maximum absolute atomic E-state index is 12.0. The molecule has 29 heavy (non-hydrogen) atoms. The predicted octanol–water partition coefficient (Wildman–Crippen LogP) is 4.22. The summed E-state index contributed by atoms with van der Waals surface area (Å²) in [6, 6.07) is 9.47. The molecule has 0 bridgehead atoms. The third-order valence-corrected chi connectivity index (χ3v) is 4.80. The van der Waals surface area contributed by atoms with Gasteiger partial charge in [0.25, 0.3) is 0 Å². The second kappa shape index (κ2) is 7.09. The molecule has 4 aromatic rings. The van der Waals surface area contributed by atoms with E-state index in [0.29, 0.717) is 45.6 Å². The first-order chi connectivity index (χ1) is 14.0. The zero-order chi connectivity index (χ0) is 20.7. The quantitative estimate of drug-likeness (QED) is 0.382. The number of rotatable bonds is 4. The second-order valence-corrected chi connectivity index (χ2v) is 6.60. The van der Waals surface area contributed by atoms with E-state index in [0.717, 1.165) is 10.9 Å². The summed E-state index contributed by atoms with van der Waals surface area (Å²) in [5, 5.41) is 2.73. The molecule has 0 aliphatic heterocycles. The minimum Gasteiger partial charge on any atom is -0.481 e. The van der Waals surface area contributed by atoms with Gasteiger partial charge in [-0.3, -0.25) is 9.59 Å². The van der Waals surface area contributed by atoms with Crippen LogP contribution in [-0.4, -0.2) is 28.6 Å². The van der Waals surface area contributed by atoms with E-state index in [-0.39, 0.29) is 0 Å². The lowest BCUT2D eigenvalue weighted by molar-refractivity contribution is -0.132. The van der Waals surface area contributed by atoms with Crippen molar-refractivity contribution in [3.05, 3.63) is 36.5 Å². The van der Waals surface area contributed by atoms with Gasteiger partial charge in [0.05, 0.1) is 18.0 Å². The van der Waals surface area contributed by atoms with Crippen molar-refractivity contribution in [1.29, 1.82) is 0 Å². The SMILES string of the molecule is CCn1c2ccccc2c2c(OC(C)=O)c3cnc(OC)cc3c(OC(C)=O)c21. The number of pyridine rings is 1. The number of nitrogens with zero attached hydrogens (tertiary/aromatic N) is 2. The Hall–Kier alpha value is -3.61. The molecule has 4 rings (SSSR count). The van der Waals surface area contributed by atoms with Crippen LogP contribution in [0.5, 0.6) is 17.4 Å². The molecule has 0 saturated heterocycles. The topological polar surface area (TPSA) is 79.7 Å². The van der Waals surface area contributed by atoms with E-state index < -0.39 is 11.9 Å². The van der Waals surface area contributed by atoms with Gasteiger partial charge in [0, 0.05) is 54.3 Å². The van der Waals surface area contributed by atoms with Crippen LogP contribution in [-0.2, 0) is 16.1 Å². The summed E-state index contributed by atoms with van der Waals surface area (Å²) in [5.74, 6) is 0.237. The Morgan fingerprint density at radius 2 is 1.69 bits per heavy atom. The first kappa shape index (κ1) is 18.7. The van der Waals surface area contributed by atoms with E-state index in [1.807, 2.05) is 35.8 Å². The number of carbonyl (C=O) groups excluding carboxylic acids is 2. The van der Waals surface area contributed by atoms with Crippen LogP contribution in [0.1, 0.15) is 20.8 Å². The van der Waals surface area contributed by atoms with Gasteiger partial charge in [-0.15, -0.1) is 0 Å². The van der Waals surface area contributed by atoms with Gasteiger partial charge in [-0.2, -0.15) is 0 Å². The highest BCUT2D eigenvalue weighted by atomic mass is 16.5. The van der Waals surface area contributed by atoms with Crippen molar-refractivity contribution >= 4 is 44.5 Å². The fraction of sp³-hybridized carbons (Fsp3) is 0.227. The van der Waals surface area contributed by atoms with E-state index in [1.165, 1.54) is 21.0 Å². The molecule has 0 amide bonds. The number of carbonyl (C=O) groups is 2. The summed E-state index contributed by atoms with van der Waals surface area (Å²) >= 11 is 0. The molecule has 0 spiro atoms. The minimum absolute atomic E-state index is 0.359. The first-order valence-electron chi connectivity index (χ1n) is 9.23. The third kappa shape index (κ3) is 2.95. The fourth-order valence-corrected chi connectivity index (χ4v) is 3.77. The molecule has 0 aliphatic rings. The minimum atomic E-state index is -0.448. The summed E-state index contributed by atoms with van der Waals surface area (Å²) in [6.45, 7) is 5.35. The second-order valence-electron chi connectivity index (χ2n) is 6.60. The largest absolute Gasteiger partial charge is 0.481 e. The van der Waals surface area contributed by atoms with Gasteiger partial charge in [0.2, 0.25) is 5.88 Å². The monoisotopic (exact) mass is 392 g/mol. The Morgan fingerprint density at radius 1 is 1.00 bits per heavy atom. The molecule has 148 valence electrons. The van der Waals surface area contributed by atoms with Gasteiger partial charge in [-0.05, 0) is 13.0 Å². The number of methoxy groups -OCH3 is 1. The van der Waals surface area contributed by atoms with Crippen LogP contribution >= 0.6 is 0 Å². The number of hydrogen-bond donors (Lipinski definition) is 0. The first-order valence-corrected chi connectivity index (χ1v) is 9.23. The molecule has 7 nitrogen and oxygen atoms in total. The number of hydrogen-bond acceptors (Lipinski definition) is 6. The number of esters is 2. The fourth-order valence-electron chi connectivity index (χ4n) is 3.77. The normalized spacial score (nSPS) is 11.2. The molecule has 2 heterocycles. The molecular weight excluding hydrogens is 372 g/mol. The lowest BCUT2D eigenvalue weighted by atomic mass is 10.0. The van der Waals surface area contributed by atoms with Gasteiger partial charge >= 0.3 is 11.9 Å². The van der Waals surface area contributed by atoms with Crippen LogP contribution in [0, 0.1) is 0 Å². The van der Waals surface area contributed by atoms with Crippen LogP contribution in [0.15, 0.2) is 36.5 Å². The Balaban J connectivity index is 2.32. The number of ether oxygens (including phenoxy) is 3. The highest BCUT2D eigenvalue weighted by Crippen LogP contribution is 2.47. The molecule has 0 aliphatic carbocycles. The van der Waals surface area contributed by atoms with E-state index in [9.17, 15) is 9.59 Å². The molecular formula is C22H20N2O5. The van der Waals surface area contributed by atoms with Crippen LogP contribution < -0.4 is 14.2 Å². The average Bonchev–Trinajstić information content (AvgIpc) is 3.03. The number of benzene rings is 2. The van der Waals surface area contributed by atoms with Gasteiger partial charge in [0.15, 0.2) is 11.5 Å². The Morgan fingerprint density at radius 3 is 2.34 bits per heavy atom. The summed E-state index contributed by atoms with van der Waals surface area (Å²) in [6.07, 6.45) is 1.57. The maximum atomic E-state index is 12.0. The molecule has 0 radical (unpaired) electrons. The zero-order valence-electron chi connectivity index (χ0n) is 16.6. The van der Waals surface area contributed by atoms with Crippen molar-refractivity contribution in [3.63, 3.8) is 0 Å². The van der Waals surface area contributed by atoms with Crippen molar-refractivity contribution in [2.24, 2.45) is 0 Å². The number of aromatic nitrogens is 2. The molecule has 0 atom stereocenters. The van der Waals surface area contributed by atoms with E-state index >= 15 is 0 Å². The van der Waals surface area contributed by atoms with E-state index in [2.05, 4.69) is 4.98 Å². The highest BCUT2D eigenvalue weighted by Gasteiger charge is 2.25. The summed E-state index contributed by atoms with van der Waals surface area (Å²) in [4.78, 5) is 28.2.